The Bertz CT molecular complexity index is 1080. The summed E-state index contributed by atoms with van der Waals surface area (Å²) in [5.74, 6) is -0.301. The predicted molar refractivity (Wildman–Crippen MR) is 120 cm³/mol. The number of aliphatic hydroxyl groups excluding tert-OH is 1. The van der Waals surface area contributed by atoms with Gasteiger partial charge in [0.25, 0.3) is 0 Å². The van der Waals surface area contributed by atoms with Gasteiger partial charge >= 0.3 is 6.18 Å². The van der Waals surface area contributed by atoms with Crippen LogP contribution in [0, 0.1) is 0 Å². The largest absolute Gasteiger partial charge is 0.491 e. The topological polar surface area (TPSA) is 90.5 Å². The van der Waals surface area contributed by atoms with Gasteiger partial charge in [-0.15, -0.1) is 10.2 Å². The molecule has 0 saturated heterocycles. The molecule has 1 aromatic heterocycles. The zero-order chi connectivity index (χ0) is 24.1. The number of halogens is 4. The third-order valence-electron chi connectivity index (χ3n) is 4.73. The number of alkyl halides is 3. The van der Waals surface area contributed by atoms with Crippen LogP contribution in [0.15, 0.2) is 42.5 Å². The lowest BCUT2D eigenvalue weighted by molar-refractivity contribution is -0.139. The van der Waals surface area contributed by atoms with Crippen molar-refractivity contribution in [1.29, 1.82) is 0 Å². The smallest absolute Gasteiger partial charge is 0.419 e. The van der Waals surface area contributed by atoms with Crippen molar-refractivity contribution in [3.05, 3.63) is 63.6 Å². The Labute approximate surface area is 198 Å². The SMILES string of the molecule is C[C@](N)(CO)c1nnc(-c2ccc(OCCOCCc3ccccc3Cl)c(C(F)(F)F)c2)s1. The summed E-state index contributed by atoms with van der Waals surface area (Å²) in [4.78, 5) is 0. The first kappa shape index (κ1) is 25.4. The van der Waals surface area contributed by atoms with Gasteiger partial charge in [-0.1, -0.05) is 41.1 Å². The third-order valence-corrected chi connectivity index (χ3v) is 6.35. The van der Waals surface area contributed by atoms with Crippen molar-refractivity contribution < 1.29 is 27.8 Å². The lowest BCUT2D eigenvalue weighted by Gasteiger charge is -2.17. The molecule has 2 aromatic carbocycles. The van der Waals surface area contributed by atoms with Gasteiger partial charge in [-0.25, -0.2) is 0 Å². The third kappa shape index (κ3) is 6.64. The van der Waals surface area contributed by atoms with E-state index in [9.17, 15) is 18.3 Å². The molecular weight excluding hydrogens is 479 g/mol. The highest BCUT2D eigenvalue weighted by Crippen LogP contribution is 2.39. The Kier molecular flexibility index (Phi) is 8.30. The van der Waals surface area contributed by atoms with Crippen molar-refractivity contribution in [2.75, 3.05) is 26.4 Å². The van der Waals surface area contributed by atoms with Gasteiger partial charge in [0.1, 0.15) is 22.4 Å². The molecule has 1 atom stereocenters. The van der Waals surface area contributed by atoms with E-state index in [2.05, 4.69) is 10.2 Å². The van der Waals surface area contributed by atoms with E-state index in [1.54, 1.807) is 13.0 Å². The minimum absolute atomic E-state index is 0.0457. The molecule has 0 aliphatic heterocycles. The van der Waals surface area contributed by atoms with Crippen LogP contribution in [0.4, 0.5) is 13.2 Å². The molecule has 0 spiro atoms. The molecule has 11 heteroatoms. The van der Waals surface area contributed by atoms with Crippen molar-refractivity contribution in [1.82, 2.24) is 10.2 Å². The van der Waals surface area contributed by atoms with Crippen LogP contribution in [-0.2, 0) is 22.9 Å². The monoisotopic (exact) mass is 501 g/mol. The van der Waals surface area contributed by atoms with Crippen molar-refractivity contribution >= 4 is 22.9 Å². The summed E-state index contributed by atoms with van der Waals surface area (Å²) in [5, 5.41) is 18.4. The van der Waals surface area contributed by atoms with Gasteiger partial charge in [0, 0.05) is 10.6 Å². The molecule has 0 saturated carbocycles. The van der Waals surface area contributed by atoms with Crippen molar-refractivity contribution in [3.63, 3.8) is 0 Å². The molecule has 3 rings (SSSR count). The number of aliphatic hydroxyl groups is 1. The molecule has 3 N–H and O–H groups in total. The summed E-state index contributed by atoms with van der Waals surface area (Å²) >= 11 is 7.10. The molecule has 0 aliphatic rings. The van der Waals surface area contributed by atoms with E-state index in [0.717, 1.165) is 23.0 Å². The molecule has 1 heterocycles. The normalized spacial score (nSPS) is 13.7. The summed E-state index contributed by atoms with van der Waals surface area (Å²) in [7, 11) is 0. The van der Waals surface area contributed by atoms with Gasteiger partial charge in [0.05, 0.1) is 30.9 Å². The van der Waals surface area contributed by atoms with Gasteiger partial charge in [-0.05, 0) is 43.2 Å². The van der Waals surface area contributed by atoms with E-state index in [4.69, 9.17) is 26.8 Å². The van der Waals surface area contributed by atoms with Gasteiger partial charge in [-0.2, -0.15) is 13.2 Å². The van der Waals surface area contributed by atoms with Crippen molar-refractivity contribution in [3.8, 4) is 16.3 Å². The fraction of sp³-hybridized carbons (Fsp3) is 0.364. The van der Waals surface area contributed by atoms with Gasteiger partial charge in [0.2, 0.25) is 0 Å². The Balaban J connectivity index is 1.62. The number of benzene rings is 2. The first-order valence-corrected chi connectivity index (χ1v) is 11.2. The average Bonchev–Trinajstić information content (AvgIpc) is 3.28. The molecule has 0 unspecified atom stereocenters. The quantitative estimate of drug-likeness (QED) is 0.392. The lowest BCUT2D eigenvalue weighted by Crippen LogP contribution is -2.36. The summed E-state index contributed by atoms with van der Waals surface area (Å²) in [5.41, 5.74) is 5.03. The van der Waals surface area contributed by atoms with E-state index in [1.165, 1.54) is 12.1 Å². The van der Waals surface area contributed by atoms with Crippen LogP contribution < -0.4 is 10.5 Å². The van der Waals surface area contributed by atoms with Crippen LogP contribution in [-0.4, -0.2) is 41.7 Å². The molecule has 0 bridgehead atoms. The molecule has 0 radical (unpaired) electrons. The zero-order valence-corrected chi connectivity index (χ0v) is 19.3. The second kappa shape index (κ2) is 10.8. The Morgan fingerprint density at radius 3 is 2.55 bits per heavy atom. The fourth-order valence-electron chi connectivity index (χ4n) is 2.84. The van der Waals surface area contributed by atoms with Gasteiger partial charge < -0.3 is 20.3 Å². The highest BCUT2D eigenvalue weighted by Gasteiger charge is 2.35. The van der Waals surface area contributed by atoms with E-state index >= 15 is 0 Å². The average molecular weight is 502 g/mol. The maximum atomic E-state index is 13.6. The minimum atomic E-state index is -4.63. The number of aromatic nitrogens is 2. The number of hydrogen-bond donors (Lipinski definition) is 2. The Morgan fingerprint density at radius 2 is 1.85 bits per heavy atom. The first-order valence-electron chi connectivity index (χ1n) is 10.0. The highest BCUT2D eigenvalue weighted by molar-refractivity contribution is 7.14. The highest BCUT2D eigenvalue weighted by atomic mass is 35.5. The van der Waals surface area contributed by atoms with E-state index < -0.39 is 17.3 Å². The number of hydrogen-bond acceptors (Lipinski definition) is 7. The second-order valence-corrected chi connectivity index (χ2v) is 8.88. The molecule has 0 amide bonds. The fourth-order valence-corrected chi connectivity index (χ4v) is 3.96. The van der Waals surface area contributed by atoms with E-state index in [1.807, 2.05) is 18.2 Å². The Hall–Kier alpha value is -2.24. The maximum Gasteiger partial charge on any atom is 0.419 e. The van der Waals surface area contributed by atoms with E-state index in [-0.39, 0.29) is 36.1 Å². The zero-order valence-electron chi connectivity index (χ0n) is 17.7. The van der Waals surface area contributed by atoms with Crippen LogP contribution in [0.25, 0.3) is 10.6 Å². The molecule has 0 fully saturated rings. The summed E-state index contributed by atoms with van der Waals surface area (Å²) in [6.07, 6.45) is -4.04. The lowest BCUT2D eigenvalue weighted by atomic mass is 10.1. The summed E-state index contributed by atoms with van der Waals surface area (Å²) in [6.45, 7) is 1.63. The molecule has 6 nitrogen and oxygen atoms in total. The molecule has 3 aromatic rings. The van der Waals surface area contributed by atoms with Crippen LogP contribution in [0.3, 0.4) is 0 Å². The molecule has 178 valence electrons. The second-order valence-electron chi connectivity index (χ2n) is 7.50. The number of nitrogens with zero attached hydrogens (tertiary/aromatic N) is 2. The van der Waals surface area contributed by atoms with Crippen LogP contribution in [0.5, 0.6) is 5.75 Å². The minimum Gasteiger partial charge on any atom is -0.491 e. The summed E-state index contributed by atoms with van der Waals surface area (Å²) in [6, 6.07) is 11.1. The van der Waals surface area contributed by atoms with Gasteiger partial charge in [-0.3, -0.25) is 0 Å². The number of ether oxygens (including phenoxy) is 2. The molecular formula is C22H23ClF3N3O3S. The predicted octanol–water partition coefficient (Wildman–Crippen LogP) is 4.68. The van der Waals surface area contributed by atoms with Crippen LogP contribution in [0.1, 0.15) is 23.1 Å². The number of rotatable bonds is 10. The van der Waals surface area contributed by atoms with Crippen molar-refractivity contribution in [2.45, 2.75) is 25.1 Å². The Morgan fingerprint density at radius 1 is 1.09 bits per heavy atom. The van der Waals surface area contributed by atoms with E-state index in [0.29, 0.717) is 23.1 Å². The van der Waals surface area contributed by atoms with Crippen molar-refractivity contribution in [2.24, 2.45) is 5.73 Å². The standard InChI is InChI=1S/C22H23ClF3N3O3S/c1-21(27,13-30)20-29-28-19(33-20)15-6-7-18(16(12-15)22(24,25)26)32-11-10-31-9-8-14-4-2-3-5-17(14)23/h2-7,12,30H,8-11,13,27H2,1H3/t21-/m0/s1. The van der Waals surface area contributed by atoms with Crippen LogP contribution in [0.2, 0.25) is 5.02 Å². The first-order chi connectivity index (χ1) is 15.6. The van der Waals surface area contributed by atoms with Crippen LogP contribution >= 0.6 is 22.9 Å². The maximum absolute atomic E-state index is 13.6. The molecule has 0 aliphatic carbocycles. The summed E-state index contributed by atoms with van der Waals surface area (Å²) < 4.78 is 51.7. The van der Waals surface area contributed by atoms with Gasteiger partial charge in [0.15, 0.2) is 0 Å². The molecule has 33 heavy (non-hydrogen) atoms. The number of nitrogens with two attached hydrogens (primary N) is 1.